The molecule has 0 radical (unpaired) electrons. The first-order valence-electron chi connectivity index (χ1n) is 7.97. The largest absolute Gasteiger partial charge is 0.365 e. The number of amides is 1. The Hall–Kier alpha value is -2.34. The molecule has 7 heteroatoms. The number of rotatable bonds is 2. The molecule has 1 aliphatic heterocycles. The summed E-state index contributed by atoms with van der Waals surface area (Å²) in [6, 6.07) is 9.06. The molecule has 4 rings (SSSR count). The van der Waals surface area contributed by atoms with Gasteiger partial charge < -0.3 is 9.80 Å². The number of benzene rings is 1. The van der Waals surface area contributed by atoms with Crippen molar-refractivity contribution in [1.29, 1.82) is 0 Å². The second kappa shape index (κ2) is 5.63. The smallest absolute Gasteiger partial charge is 0.278 e. The zero-order valence-electron chi connectivity index (χ0n) is 13.3. The van der Waals surface area contributed by atoms with Crippen LogP contribution in [0.3, 0.4) is 0 Å². The van der Waals surface area contributed by atoms with Crippen molar-refractivity contribution in [3.05, 3.63) is 51.4 Å². The molecule has 2 aromatic rings. The molecule has 0 spiro atoms. The second-order valence-corrected chi connectivity index (χ2v) is 6.63. The van der Waals surface area contributed by atoms with Gasteiger partial charge in [-0.2, -0.15) is 5.10 Å². The minimum Gasteiger partial charge on any atom is -0.365 e. The maximum Gasteiger partial charge on any atom is 0.278 e. The molecule has 1 fully saturated rings. The lowest BCUT2D eigenvalue weighted by molar-refractivity contribution is 0.0979. The van der Waals surface area contributed by atoms with Crippen LogP contribution in [0.2, 0.25) is 5.02 Å². The molecule has 1 aromatic carbocycles. The van der Waals surface area contributed by atoms with Gasteiger partial charge in [-0.05, 0) is 37.1 Å². The maximum atomic E-state index is 12.9. The second-order valence-electron chi connectivity index (χ2n) is 6.19. The van der Waals surface area contributed by atoms with Crippen molar-refractivity contribution in [1.82, 2.24) is 9.78 Å². The number of carbonyl (C=O) groups excluding carboxylic acids is 1. The third-order valence-electron chi connectivity index (χ3n) is 4.51. The zero-order valence-corrected chi connectivity index (χ0v) is 14.0. The zero-order chi connectivity index (χ0) is 16.8. The molecule has 1 saturated carbocycles. The van der Waals surface area contributed by atoms with Gasteiger partial charge in [0.1, 0.15) is 5.69 Å². The summed E-state index contributed by atoms with van der Waals surface area (Å²) in [5.41, 5.74) is 1.85. The third kappa shape index (κ3) is 2.57. The topological polar surface area (TPSA) is 58.4 Å². The van der Waals surface area contributed by atoms with Crippen molar-refractivity contribution in [2.45, 2.75) is 18.9 Å². The summed E-state index contributed by atoms with van der Waals surface area (Å²) in [7, 11) is 1.54. The molecule has 0 saturated heterocycles. The first-order valence-corrected chi connectivity index (χ1v) is 8.35. The molecule has 24 heavy (non-hydrogen) atoms. The quantitative estimate of drug-likeness (QED) is 0.836. The van der Waals surface area contributed by atoms with Gasteiger partial charge in [0, 0.05) is 37.3 Å². The Balaban J connectivity index is 1.74. The lowest BCUT2D eigenvalue weighted by Crippen LogP contribution is -2.45. The van der Waals surface area contributed by atoms with E-state index in [2.05, 4.69) is 10.00 Å². The molecular formula is C17H17ClN4O2. The summed E-state index contributed by atoms with van der Waals surface area (Å²) in [6.07, 6.45) is 2.39. The monoisotopic (exact) mass is 344 g/mol. The Kier molecular flexibility index (Phi) is 3.57. The number of hydrogen-bond donors (Lipinski definition) is 0. The van der Waals surface area contributed by atoms with E-state index in [1.54, 1.807) is 4.90 Å². The van der Waals surface area contributed by atoms with Gasteiger partial charge in [0.2, 0.25) is 0 Å². The summed E-state index contributed by atoms with van der Waals surface area (Å²) in [6.45, 7) is 1.37. The van der Waals surface area contributed by atoms with Crippen molar-refractivity contribution < 1.29 is 4.79 Å². The number of hydrogen-bond acceptors (Lipinski definition) is 4. The summed E-state index contributed by atoms with van der Waals surface area (Å²) >= 11 is 6.16. The van der Waals surface area contributed by atoms with Gasteiger partial charge in [0.05, 0.1) is 11.4 Å². The molecule has 0 atom stereocenters. The minimum atomic E-state index is -0.242. The van der Waals surface area contributed by atoms with E-state index in [9.17, 15) is 9.59 Å². The fourth-order valence-corrected chi connectivity index (χ4v) is 3.30. The summed E-state index contributed by atoms with van der Waals surface area (Å²) in [5.74, 6) is -0.218. The summed E-state index contributed by atoms with van der Waals surface area (Å²) < 4.78 is 1.17. The maximum absolute atomic E-state index is 12.9. The van der Waals surface area contributed by atoms with E-state index < -0.39 is 0 Å². The van der Waals surface area contributed by atoms with E-state index in [-0.39, 0.29) is 17.2 Å². The van der Waals surface area contributed by atoms with Crippen LogP contribution in [0.15, 0.2) is 35.1 Å². The van der Waals surface area contributed by atoms with Crippen molar-refractivity contribution in [2.24, 2.45) is 7.05 Å². The SMILES string of the molecule is Cn1nc(C(=O)N2CCN(C3CC3)c3ccc(Cl)cc32)ccc1=O. The molecule has 2 aliphatic rings. The number of aromatic nitrogens is 2. The summed E-state index contributed by atoms with van der Waals surface area (Å²) in [5, 5.41) is 4.67. The first-order chi connectivity index (χ1) is 11.5. The number of nitrogens with zero attached hydrogens (tertiary/aromatic N) is 4. The van der Waals surface area contributed by atoms with E-state index >= 15 is 0 Å². The van der Waals surface area contributed by atoms with E-state index in [4.69, 9.17) is 11.6 Å². The minimum absolute atomic E-state index is 0.218. The van der Waals surface area contributed by atoms with Gasteiger partial charge >= 0.3 is 0 Å². The lowest BCUT2D eigenvalue weighted by atomic mass is 10.1. The molecular weight excluding hydrogens is 328 g/mol. The third-order valence-corrected chi connectivity index (χ3v) is 4.75. The standard InChI is InChI=1S/C17H17ClN4O2/c1-20-16(23)7-5-13(19-20)17(24)22-9-8-21(12-3-4-12)14-6-2-11(18)10-15(14)22/h2,5-7,10,12H,3-4,8-9H2,1H3. The number of halogens is 1. The molecule has 2 heterocycles. The van der Waals surface area contributed by atoms with Gasteiger partial charge in [-0.25, -0.2) is 4.68 Å². The van der Waals surface area contributed by atoms with Crippen LogP contribution in [-0.2, 0) is 7.05 Å². The first kappa shape index (κ1) is 15.2. The highest BCUT2D eigenvalue weighted by Gasteiger charge is 2.36. The molecule has 0 N–H and O–H groups in total. The number of carbonyl (C=O) groups is 1. The van der Waals surface area contributed by atoms with Crippen LogP contribution in [0.1, 0.15) is 23.3 Å². The van der Waals surface area contributed by atoms with E-state index in [1.165, 1.54) is 36.7 Å². The van der Waals surface area contributed by atoms with Crippen LogP contribution in [0, 0.1) is 0 Å². The van der Waals surface area contributed by atoms with Crippen molar-refractivity contribution in [3.8, 4) is 0 Å². The highest BCUT2D eigenvalue weighted by molar-refractivity contribution is 6.31. The van der Waals surface area contributed by atoms with Crippen LogP contribution in [0.25, 0.3) is 0 Å². The van der Waals surface area contributed by atoms with Crippen molar-refractivity contribution >= 4 is 28.9 Å². The fraction of sp³-hybridized carbons (Fsp3) is 0.353. The van der Waals surface area contributed by atoms with Gasteiger partial charge in [0.25, 0.3) is 11.5 Å². The Morgan fingerprint density at radius 2 is 1.96 bits per heavy atom. The fourth-order valence-electron chi connectivity index (χ4n) is 3.14. The molecule has 0 bridgehead atoms. The van der Waals surface area contributed by atoms with Crippen LogP contribution < -0.4 is 15.4 Å². The Bertz CT molecular complexity index is 875. The van der Waals surface area contributed by atoms with E-state index in [0.717, 1.165) is 17.9 Å². The number of fused-ring (bicyclic) bond motifs is 1. The van der Waals surface area contributed by atoms with E-state index in [1.807, 2.05) is 18.2 Å². The molecule has 124 valence electrons. The Labute approximate surface area is 144 Å². The van der Waals surface area contributed by atoms with Gasteiger partial charge in [0.15, 0.2) is 0 Å². The van der Waals surface area contributed by atoms with Crippen LogP contribution in [-0.4, -0.2) is 34.8 Å². The number of anilines is 2. The average Bonchev–Trinajstić information content (AvgIpc) is 3.40. The molecule has 1 aliphatic carbocycles. The predicted molar refractivity (Wildman–Crippen MR) is 93.0 cm³/mol. The van der Waals surface area contributed by atoms with Gasteiger partial charge in [-0.1, -0.05) is 11.6 Å². The highest BCUT2D eigenvalue weighted by atomic mass is 35.5. The highest BCUT2D eigenvalue weighted by Crippen LogP contribution is 2.41. The van der Waals surface area contributed by atoms with Crippen LogP contribution in [0.4, 0.5) is 11.4 Å². The summed E-state index contributed by atoms with van der Waals surface area (Å²) in [4.78, 5) is 28.5. The Morgan fingerprint density at radius 1 is 1.17 bits per heavy atom. The van der Waals surface area contributed by atoms with Crippen LogP contribution in [0.5, 0.6) is 0 Å². The molecule has 1 aromatic heterocycles. The number of aryl methyl sites for hydroxylation is 1. The van der Waals surface area contributed by atoms with Crippen LogP contribution >= 0.6 is 11.6 Å². The molecule has 0 unspecified atom stereocenters. The lowest BCUT2D eigenvalue weighted by Gasteiger charge is -2.38. The molecule has 1 amide bonds. The normalized spacial score (nSPS) is 16.9. The van der Waals surface area contributed by atoms with E-state index in [0.29, 0.717) is 17.6 Å². The average molecular weight is 345 g/mol. The van der Waals surface area contributed by atoms with Crippen molar-refractivity contribution in [3.63, 3.8) is 0 Å². The Morgan fingerprint density at radius 3 is 2.67 bits per heavy atom. The molecule has 6 nitrogen and oxygen atoms in total. The van der Waals surface area contributed by atoms with Crippen molar-refractivity contribution in [2.75, 3.05) is 22.9 Å². The van der Waals surface area contributed by atoms with Gasteiger partial charge in [-0.3, -0.25) is 9.59 Å². The predicted octanol–water partition coefficient (Wildman–Crippen LogP) is 2.06. The van der Waals surface area contributed by atoms with Gasteiger partial charge in [-0.15, -0.1) is 0 Å².